The van der Waals surface area contributed by atoms with Crippen molar-refractivity contribution in [3.05, 3.63) is 52.2 Å². The molecular weight excluding hydrogens is 401 g/mol. The Morgan fingerprint density at radius 3 is 2.32 bits per heavy atom. The first-order valence-corrected chi connectivity index (χ1v) is 10.0. The van der Waals surface area contributed by atoms with E-state index in [9.17, 15) is 19.1 Å². The number of aryl methyl sites for hydroxylation is 3. The Morgan fingerprint density at radius 2 is 1.77 bits per heavy atom. The van der Waals surface area contributed by atoms with Crippen molar-refractivity contribution in [3.63, 3.8) is 0 Å². The highest BCUT2D eigenvalue weighted by molar-refractivity contribution is 5.98. The van der Waals surface area contributed by atoms with Gasteiger partial charge in [-0.2, -0.15) is 0 Å². The molecule has 7 nitrogen and oxygen atoms in total. The maximum absolute atomic E-state index is 13.1. The Labute approximate surface area is 182 Å². The molecule has 0 radical (unpaired) electrons. The van der Waals surface area contributed by atoms with Gasteiger partial charge in [0.2, 0.25) is 0 Å². The van der Waals surface area contributed by atoms with Crippen LogP contribution in [0.2, 0.25) is 0 Å². The third-order valence-electron chi connectivity index (χ3n) is 4.44. The molecule has 3 N–H and O–H groups in total. The SMILES string of the molecule is Cc1cc(C(=O)NCc2cc(C)c(OCC(C)F)c(C)c2)cc(NC(=O)C(C)(C)O)n1. The van der Waals surface area contributed by atoms with Crippen molar-refractivity contribution in [2.24, 2.45) is 0 Å². The number of nitrogens with zero attached hydrogens (tertiary/aromatic N) is 1. The number of halogens is 1. The number of aromatic nitrogens is 1. The molecule has 1 aromatic heterocycles. The van der Waals surface area contributed by atoms with Crippen LogP contribution in [0, 0.1) is 20.8 Å². The van der Waals surface area contributed by atoms with Crippen LogP contribution in [0.25, 0.3) is 0 Å². The molecule has 0 saturated carbocycles. The summed E-state index contributed by atoms with van der Waals surface area (Å²) < 4.78 is 18.6. The molecule has 8 heteroatoms. The standard InChI is InChI=1S/C23H30FN3O4/c1-13-7-17(8-14(2)20(13)31-12-15(3)24)11-25-21(28)18-9-16(4)26-19(10-18)27-22(29)23(5,6)30/h7-10,15,30H,11-12H2,1-6H3,(H,25,28)(H,26,27,29). The van der Waals surface area contributed by atoms with Crippen LogP contribution in [-0.2, 0) is 11.3 Å². The van der Waals surface area contributed by atoms with E-state index < -0.39 is 17.7 Å². The first-order chi connectivity index (χ1) is 14.4. The van der Waals surface area contributed by atoms with Crippen molar-refractivity contribution in [1.29, 1.82) is 0 Å². The number of carbonyl (C=O) groups is 2. The molecule has 0 aliphatic rings. The molecule has 1 aromatic carbocycles. The zero-order valence-electron chi connectivity index (χ0n) is 18.8. The number of hydrogen-bond acceptors (Lipinski definition) is 5. The van der Waals surface area contributed by atoms with Crippen LogP contribution in [0.4, 0.5) is 10.2 Å². The average molecular weight is 432 g/mol. The van der Waals surface area contributed by atoms with E-state index in [1.54, 1.807) is 13.0 Å². The van der Waals surface area contributed by atoms with Gasteiger partial charge in [0.15, 0.2) is 0 Å². The second-order valence-corrected chi connectivity index (χ2v) is 8.23. The molecule has 0 aliphatic carbocycles. The summed E-state index contributed by atoms with van der Waals surface area (Å²) in [5.41, 5.74) is 1.92. The number of rotatable bonds is 8. The molecule has 2 rings (SSSR count). The summed E-state index contributed by atoms with van der Waals surface area (Å²) in [6.45, 7) is 9.91. The Morgan fingerprint density at radius 1 is 1.16 bits per heavy atom. The summed E-state index contributed by atoms with van der Waals surface area (Å²) in [7, 11) is 0. The number of carbonyl (C=O) groups excluding carboxylic acids is 2. The van der Waals surface area contributed by atoms with Gasteiger partial charge in [-0.3, -0.25) is 9.59 Å². The van der Waals surface area contributed by atoms with E-state index in [1.165, 1.54) is 26.8 Å². The smallest absolute Gasteiger partial charge is 0.256 e. The summed E-state index contributed by atoms with van der Waals surface area (Å²) in [4.78, 5) is 28.8. The average Bonchev–Trinajstić information content (AvgIpc) is 2.63. The number of ether oxygens (including phenoxy) is 1. The maximum atomic E-state index is 13.1. The van der Waals surface area contributed by atoms with Gasteiger partial charge in [-0.25, -0.2) is 9.37 Å². The van der Waals surface area contributed by atoms with Gasteiger partial charge in [0.05, 0.1) is 0 Å². The Bertz CT molecular complexity index is 945. The molecule has 31 heavy (non-hydrogen) atoms. The van der Waals surface area contributed by atoms with E-state index in [4.69, 9.17) is 4.74 Å². The minimum absolute atomic E-state index is 0.00844. The van der Waals surface area contributed by atoms with E-state index in [2.05, 4.69) is 15.6 Å². The van der Waals surface area contributed by atoms with Gasteiger partial charge in [-0.1, -0.05) is 12.1 Å². The second kappa shape index (κ2) is 9.87. The van der Waals surface area contributed by atoms with Crippen LogP contribution in [0.15, 0.2) is 24.3 Å². The molecule has 1 unspecified atom stereocenters. The van der Waals surface area contributed by atoms with Crippen LogP contribution in [0.5, 0.6) is 5.75 Å². The molecule has 0 spiro atoms. The molecule has 2 aromatic rings. The van der Waals surface area contributed by atoms with Crippen LogP contribution < -0.4 is 15.4 Å². The fourth-order valence-corrected chi connectivity index (χ4v) is 2.99. The fraction of sp³-hybridized carbons (Fsp3) is 0.435. The minimum Gasteiger partial charge on any atom is -0.490 e. The maximum Gasteiger partial charge on any atom is 0.256 e. The van der Waals surface area contributed by atoms with Crippen molar-refractivity contribution < 1.29 is 23.8 Å². The number of aliphatic hydroxyl groups is 1. The quantitative estimate of drug-likeness (QED) is 0.595. The zero-order chi connectivity index (χ0) is 23.3. The van der Waals surface area contributed by atoms with Crippen LogP contribution >= 0.6 is 0 Å². The molecular formula is C23H30FN3O4. The topological polar surface area (TPSA) is 101 Å². The highest BCUT2D eigenvalue weighted by Gasteiger charge is 2.24. The summed E-state index contributed by atoms with van der Waals surface area (Å²) in [5.74, 6) is -0.109. The molecule has 0 fully saturated rings. The Kier molecular flexibility index (Phi) is 7.73. The van der Waals surface area contributed by atoms with Crippen molar-refractivity contribution >= 4 is 17.6 Å². The largest absolute Gasteiger partial charge is 0.490 e. The van der Waals surface area contributed by atoms with Crippen LogP contribution in [-0.4, -0.2) is 40.3 Å². The predicted molar refractivity (Wildman–Crippen MR) is 117 cm³/mol. The van der Waals surface area contributed by atoms with E-state index in [0.29, 0.717) is 17.0 Å². The van der Waals surface area contributed by atoms with E-state index in [0.717, 1.165) is 16.7 Å². The first kappa shape index (κ1) is 24.3. The lowest BCUT2D eigenvalue weighted by molar-refractivity contribution is -0.130. The highest BCUT2D eigenvalue weighted by Crippen LogP contribution is 2.25. The molecule has 0 bridgehead atoms. The summed E-state index contributed by atoms with van der Waals surface area (Å²) in [6, 6.07) is 6.84. The van der Waals surface area contributed by atoms with Gasteiger partial charge in [0.25, 0.3) is 11.8 Å². The lowest BCUT2D eigenvalue weighted by Gasteiger charge is -2.17. The first-order valence-electron chi connectivity index (χ1n) is 10.0. The van der Waals surface area contributed by atoms with Gasteiger partial charge in [0.1, 0.15) is 29.9 Å². The summed E-state index contributed by atoms with van der Waals surface area (Å²) in [5, 5.41) is 15.1. The van der Waals surface area contributed by atoms with Crippen LogP contribution in [0.3, 0.4) is 0 Å². The Hall–Kier alpha value is -3.00. The van der Waals surface area contributed by atoms with E-state index in [-0.39, 0.29) is 24.9 Å². The fourth-order valence-electron chi connectivity index (χ4n) is 2.99. The van der Waals surface area contributed by atoms with Crippen LogP contribution in [0.1, 0.15) is 53.5 Å². The van der Waals surface area contributed by atoms with Gasteiger partial charge in [-0.05, 0) is 70.4 Å². The molecule has 0 aliphatic heterocycles. The normalized spacial score (nSPS) is 12.3. The van der Waals surface area contributed by atoms with Crippen molar-refractivity contribution in [2.45, 2.75) is 59.9 Å². The van der Waals surface area contributed by atoms with Gasteiger partial charge >= 0.3 is 0 Å². The third-order valence-corrected chi connectivity index (χ3v) is 4.44. The Balaban J connectivity index is 2.10. The second-order valence-electron chi connectivity index (χ2n) is 8.23. The van der Waals surface area contributed by atoms with Crippen molar-refractivity contribution in [1.82, 2.24) is 10.3 Å². The van der Waals surface area contributed by atoms with Crippen molar-refractivity contribution in [3.8, 4) is 5.75 Å². The third kappa shape index (κ3) is 7.03. The van der Waals surface area contributed by atoms with Gasteiger partial charge in [0, 0.05) is 17.8 Å². The predicted octanol–water partition coefficient (Wildman–Crippen LogP) is 3.38. The lowest BCUT2D eigenvalue weighted by Crippen LogP contribution is -2.37. The van der Waals surface area contributed by atoms with Crippen molar-refractivity contribution in [2.75, 3.05) is 11.9 Å². The minimum atomic E-state index is -1.57. The number of hydrogen-bond donors (Lipinski definition) is 3. The lowest BCUT2D eigenvalue weighted by atomic mass is 10.1. The zero-order valence-corrected chi connectivity index (χ0v) is 18.8. The number of nitrogens with one attached hydrogen (secondary N) is 2. The molecule has 1 heterocycles. The molecule has 2 amide bonds. The van der Waals surface area contributed by atoms with E-state index in [1.807, 2.05) is 26.0 Å². The number of benzene rings is 1. The van der Waals surface area contributed by atoms with E-state index >= 15 is 0 Å². The number of alkyl halides is 1. The number of anilines is 1. The van der Waals surface area contributed by atoms with Gasteiger partial charge in [-0.15, -0.1) is 0 Å². The number of pyridine rings is 1. The molecule has 1 atom stereocenters. The number of amides is 2. The molecule has 168 valence electrons. The highest BCUT2D eigenvalue weighted by atomic mass is 19.1. The van der Waals surface area contributed by atoms with Gasteiger partial charge < -0.3 is 20.5 Å². The summed E-state index contributed by atoms with van der Waals surface area (Å²) >= 11 is 0. The summed E-state index contributed by atoms with van der Waals surface area (Å²) in [6.07, 6.45) is -1.06. The molecule has 0 saturated heterocycles. The monoisotopic (exact) mass is 431 g/mol.